The van der Waals surface area contributed by atoms with E-state index in [1.807, 2.05) is 24.6 Å². The summed E-state index contributed by atoms with van der Waals surface area (Å²) in [5, 5.41) is 9.27. The van der Waals surface area contributed by atoms with Crippen molar-refractivity contribution in [3.05, 3.63) is 30.7 Å². The van der Waals surface area contributed by atoms with E-state index in [4.69, 9.17) is 0 Å². The Morgan fingerprint density at radius 3 is 2.61 bits per heavy atom. The number of aromatic amines is 1. The summed E-state index contributed by atoms with van der Waals surface area (Å²) in [6.45, 7) is 3.66. The summed E-state index contributed by atoms with van der Waals surface area (Å²) in [5.41, 5.74) is 0.798. The second-order valence-corrected chi connectivity index (χ2v) is 6.11. The lowest BCUT2D eigenvalue weighted by molar-refractivity contribution is 0.643. The molecule has 1 aliphatic rings. The highest BCUT2D eigenvalue weighted by atomic mass is 32.2. The van der Waals surface area contributed by atoms with E-state index in [0.717, 1.165) is 53.9 Å². The average molecular weight is 327 g/mol. The van der Waals surface area contributed by atoms with Gasteiger partial charge in [0.05, 0.1) is 5.39 Å². The van der Waals surface area contributed by atoms with Crippen LogP contribution in [0.25, 0.3) is 11.0 Å². The molecule has 23 heavy (non-hydrogen) atoms. The smallest absolute Gasteiger partial charge is 0.161 e. The number of aromatic nitrogens is 5. The topological polar surface area (TPSA) is 73.8 Å². The Bertz CT molecular complexity index is 796. The zero-order valence-corrected chi connectivity index (χ0v) is 13.6. The number of pyridine rings is 1. The molecule has 3 aromatic rings. The quantitative estimate of drug-likeness (QED) is 0.735. The van der Waals surface area contributed by atoms with Crippen molar-refractivity contribution in [3.8, 4) is 0 Å². The number of nitrogens with zero attached hydrogens (tertiary/aromatic N) is 6. The summed E-state index contributed by atoms with van der Waals surface area (Å²) < 4.78 is 0. The molecule has 0 unspecified atom stereocenters. The lowest BCUT2D eigenvalue weighted by Gasteiger charge is -2.36. The SMILES string of the molecule is CSc1n[nH]c2ncnc(N3CCN(c4ccccn4)CC3)c12. The van der Waals surface area contributed by atoms with Crippen LogP contribution in [0.3, 0.4) is 0 Å². The molecule has 0 atom stereocenters. The highest BCUT2D eigenvalue weighted by Crippen LogP contribution is 2.30. The molecule has 0 amide bonds. The fourth-order valence-electron chi connectivity index (χ4n) is 2.89. The number of hydrogen-bond acceptors (Lipinski definition) is 7. The van der Waals surface area contributed by atoms with Gasteiger partial charge in [-0.25, -0.2) is 15.0 Å². The minimum Gasteiger partial charge on any atom is -0.353 e. The summed E-state index contributed by atoms with van der Waals surface area (Å²) >= 11 is 1.61. The number of H-pyrrole nitrogens is 1. The number of thioether (sulfide) groups is 1. The molecule has 118 valence electrons. The van der Waals surface area contributed by atoms with Crippen LogP contribution in [0, 0.1) is 0 Å². The Labute approximate surface area is 138 Å². The molecule has 4 rings (SSSR count). The van der Waals surface area contributed by atoms with Crippen molar-refractivity contribution in [2.45, 2.75) is 5.03 Å². The van der Waals surface area contributed by atoms with Crippen LogP contribution in [0.4, 0.5) is 11.6 Å². The maximum atomic E-state index is 4.52. The number of hydrogen-bond donors (Lipinski definition) is 1. The average Bonchev–Trinajstić information content (AvgIpc) is 3.06. The van der Waals surface area contributed by atoms with Crippen molar-refractivity contribution in [2.75, 3.05) is 42.2 Å². The van der Waals surface area contributed by atoms with Gasteiger partial charge in [0.1, 0.15) is 23.0 Å². The monoisotopic (exact) mass is 327 g/mol. The molecule has 1 N–H and O–H groups in total. The Kier molecular flexibility index (Phi) is 3.74. The van der Waals surface area contributed by atoms with Gasteiger partial charge in [0.25, 0.3) is 0 Å². The molecule has 0 radical (unpaired) electrons. The third-order valence-corrected chi connectivity index (χ3v) is 4.73. The van der Waals surface area contributed by atoms with Crippen molar-refractivity contribution >= 4 is 34.4 Å². The minimum absolute atomic E-state index is 0.798. The van der Waals surface area contributed by atoms with Crippen molar-refractivity contribution in [1.82, 2.24) is 25.1 Å². The second kappa shape index (κ2) is 6.04. The van der Waals surface area contributed by atoms with Crippen LogP contribution in [-0.2, 0) is 0 Å². The summed E-state index contributed by atoms with van der Waals surface area (Å²) in [6.07, 6.45) is 5.46. The molecule has 7 nitrogen and oxygen atoms in total. The molecule has 4 heterocycles. The van der Waals surface area contributed by atoms with Gasteiger partial charge in [0.15, 0.2) is 5.65 Å². The van der Waals surface area contributed by atoms with E-state index >= 15 is 0 Å². The molecule has 1 saturated heterocycles. The van der Waals surface area contributed by atoms with Gasteiger partial charge >= 0.3 is 0 Å². The molecule has 0 aliphatic carbocycles. The van der Waals surface area contributed by atoms with Gasteiger partial charge in [-0.05, 0) is 18.4 Å². The van der Waals surface area contributed by atoms with Crippen molar-refractivity contribution in [1.29, 1.82) is 0 Å². The Morgan fingerprint density at radius 2 is 1.87 bits per heavy atom. The molecule has 0 bridgehead atoms. The van der Waals surface area contributed by atoms with Gasteiger partial charge in [-0.1, -0.05) is 6.07 Å². The third kappa shape index (κ3) is 2.59. The predicted molar refractivity (Wildman–Crippen MR) is 92.1 cm³/mol. The minimum atomic E-state index is 0.798. The number of fused-ring (bicyclic) bond motifs is 1. The Morgan fingerprint density at radius 1 is 1.04 bits per heavy atom. The molecular formula is C15H17N7S. The van der Waals surface area contributed by atoms with Gasteiger partial charge in [-0.2, -0.15) is 5.10 Å². The van der Waals surface area contributed by atoms with E-state index in [1.54, 1.807) is 18.1 Å². The molecule has 1 aliphatic heterocycles. The maximum absolute atomic E-state index is 4.52. The first kappa shape index (κ1) is 14.3. The van der Waals surface area contributed by atoms with E-state index < -0.39 is 0 Å². The lowest BCUT2D eigenvalue weighted by atomic mass is 10.2. The number of rotatable bonds is 3. The lowest BCUT2D eigenvalue weighted by Crippen LogP contribution is -2.47. The van der Waals surface area contributed by atoms with Crippen LogP contribution in [-0.4, -0.2) is 57.6 Å². The van der Waals surface area contributed by atoms with E-state index in [-0.39, 0.29) is 0 Å². The van der Waals surface area contributed by atoms with Gasteiger partial charge in [-0.3, -0.25) is 5.10 Å². The molecule has 0 saturated carbocycles. The van der Waals surface area contributed by atoms with E-state index in [2.05, 4.69) is 41.0 Å². The van der Waals surface area contributed by atoms with E-state index in [0.29, 0.717) is 0 Å². The molecule has 0 spiro atoms. The Hall–Kier alpha value is -2.35. The van der Waals surface area contributed by atoms with Crippen molar-refractivity contribution in [2.24, 2.45) is 0 Å². The summed E-state index contributed by atoms with van der Waals surface area (Å²) in [4.78, 5) is 17.8. The standard InChI is InChI=1S/C15H17N7S/c1-23-15-12-13(19-20-15)17-10-18-14(12)22-8-6-21(7-9-22)11-4-2-3-5-16-11/h2-5,10H,6-9H2,1H3,(H,17,18,19,20). The third-order valence-electron chi connectivity index (χ3n) is 4.05. The number of piperazine rings is 1. The van der Waals surface area contributed by atoms with E-state index in [1.165, 1.54) is 0 Å². The van der Waals surface area contributed by atoms with Gasteiger partial charge in [0.2, 0.25) is 0 Å². The van der Waals surface area contributed by atoms with Gasteiger partial charge < -0.3 is 9.80 Å². The molecular weight excluding hydrogens is 310 g/mol. The highest BCUT2D eigenvalue weighted by molar-refractivity contribution is 7.98. The number of anilines is 2. The maximum Gasteiger partial charge on any atom is 0.161 e. The van der Waals surface area contributed by atoms with Crippen LogP contribution >= 0.6 is 11.8 Å². The zero-order chi connectivity index (χ0) is 15.6. The molecule has 3 aromatic heterocycles. The fraction of sp³-hybridized carbons (Fsp3) is 0.333. The summed E-state index contributed by atoms with van der Waals surface area (Å²) in [6, 6.07) is 6.03. The van der Waals surface area contributed by atoms with E-state index in [9.17, 15) is 0 Å². The highest BCUT2D eigenvalue weighted by Gasteiger charge is 2.22. The molecule has 1 fully saturated rings. The fourth-order valence-corrected chi connectivity index (χ4v) is 3.42. The van der Waals surface area contributed by atoms with Gasteiger partial charge in [0, 0.05) is 32.4 Å². The van der Waals surface area contributed by atoms with Crippen LogP contribution in [0.2, 0.25) is 0 Å². The van der Waals surface area contributed by atoms with Crippen LogP contribution in [0.15, 0.2) is 35.7 Å². The largest absolute Gasteiger partial charge is 0.353 e. The predicted octanol–water partition coefficient (Wildman–Crippen LogP) is 1.80. The second-order valence-electron chi connectivity index (χ2n) is 5.32. The van der Waals surface area contributed by atoms with Crippen LogP contribution in [0.1, 0.15) is 0 Å². The van der Waals surface area contributed by atoms with Crippen molar-refractivity contribution < 1.29 is 0 Å². The molecule has 0 aromatic carbocycles. The first-order valence-electron chi connectivity index (χ1n) is 7.51. The Balaban J connectivity index is 1.58. The summed E-state index contributed by atoms with van der Waals surface area (Å²) in [7, 11) is 0. The van der Waals surface area contributed by atoms with Gasteiger partial charge in [-0.15, -0.1) is 11.8 Å². The van der Waals surface area contributed by atoms with Crippen LogP contribution in [0.5, 0.6) is 0 Å². The number of nitrogens with one attached hydrogen (secondary N) is 1. The van der Waals surface area contributed by atoms with Crippen molar-refractivity contribution in [3.63, 3.8) is 0 Å². The first-order valence-corrected chi connectivity index (χ1v) is 8.73. The first-order chi connectivity index (χ1) is 11.4. The molecule has 8 heteroatoms. The normalized spacial score (nSPS) is 15.3. The van der Waals surface area contributed by atoms with Crippen LogP contribution < -0.4 is 9.80 Å². The summed E-state index contributed by atoms with van der Waals surface area (Å²) in [5.74, 6) is 2.00. The zero-order valence-electron chi connectivity index (χ0n) is 12.8.